The van der Waals surface area contributed by atoms with Crippen LogP contribution in [0.1, 0.15) is 22.8 Å². The number of alkyl halides is 3. The molecule has 0 bridgehead atoms. The van der Waals surface area contributed by atoms with Crippen LogP contribution in [0.2, 0.25) is 5.02 Å². The van der Waals surface area contributed by atoms with Crippen molar-refractivity contribution >= 4 is 34.2 Å². The molecule has 2 aromatic rings. The third-order valence-corrected chi connectivity index (χ3v) is 4.03. The van der Waals surface area contributed by atoms with Crippen LogP contribution in [0, 0.1) is 3.57 Å². The first-order valence-electron chi connectivity index (χ1n) is 5.60. The highest BCUT2D eigenvalue weighted by atomic mass is 127. The van der Waals surface area contributed by atoms with E-state index in [0.717, 1.165) is 6.07 Å². The lowest BCUT2D eigenvalue weighted by atomic mass is 9.96. The van der Waals surface area contributed by atoms with Crippen molar-refractivity contribution in [1.82, 2.24) is 0 Å². The zero-order valence-electron chi connectivity index (χ0n) is 9.96. The largest absolute Gasteiger partial charge is 0.416 e. The molecule has 1 N–H and O–H groups in total. The Morgan fingerprint density at radius 3 is 2.35 bits per heavy atom. The molecule has 0 heterocycles. The second-order valence-electron chi connectivity index (χ2n) is 4.15. The molecule has 0 aliphatic carbocycles. The van der Waals surface area contributed by atoms with Crippen LogP contribution in [0.25, 0.3) is 0 Å². The molecule has 2 aromatic carbocycles. The first kappa shape index (κ1) is 15.6. The van der Waals surface area contributed by atoms with Gasteiger partial charge >= 0.3 is 6.18 Å². The van der Waals surface area contributed by atoms with E-state index in [1.807, 2.05) is 22.6 Å². The van der Waals surface area contributed by atoms with Crippen LogP contribution in [0.4, 0.5) is 13.2 Å². The molecule has 0 amide bonds. The Hall–Kier alpha value is -0.790. The van der Waals surface area contributed by atoms with Crippen molar-refractivity contribution in [3.63, 3.8) is 0 Å². The molecule has 0 aromatic heterocycles. The topological polar surface area (TPSA) is 20.2 Å². The van der Waals surface area contributed by atoms with Gasteiger partial charge in [-0.1, -0.05) is 29.8 Å². The summed E-state index contributed by atoms with van der Waals surface area (Å²) in [7, 11) is 0. The molecule has 0 spiro atoms. The predicted molar refractivity (Wildman–Crippen MR) is 79.7 cm³/mol. The van der Waals surface area contributed by atoms with Gasteiger partial charge in [-0.2, -0.15) is 13.2 Å². The summed E-state index contributed by atoms with van der Waals surface area (Å²) < 4.78 is 39.5. The van der Waals surface area contributed by atoms with Crippen molar-refractivity contribution in [2.45, 2.75) is 12.3 Å². The van der Waals surface area contributed by atoms with Crippen molar-refractivity contribution in [3.05, 3.63) is 67.7 Å². The second kappa shape index (κ2) is 5.91. The zero-order chi connectivity index (χ0) is 14.9. The third kappa shape index (κ3) is 3.27. The summed E-state index contributed by atoms with van der Waals surface area (Å²) in [5.74, 6) is 0. The number of aliphatic hydroxyl groups is 1. The van der Waals surface area contributed by atoms with Gasteiger partial charge in [-0.05, 0) is 58.0 Å². The van der Waals surface area contributed by atoms with Crippen molar-refractivity contribution in [1.29, 1.82) is 0 Å². The number of aliphatic hydroxyl groups excluding tert-OH is 1. The van der Waals surface area contributed by atoms with Crippen molar-refractivity contribution in [2.75, 3.05) is 0 Å². The molecule has 0 saturated heterocycles. The van der Waals surface area contributed by atoms with Gasteiger partial charge < -0.3 is 5.11 Å². The van der Waals surface area contributed by atoms with E-state index in [1.165, 1.54) is 24.3 Å². The summed E-state index contributed by atoms with van der Waals surface area (Å²) >= 11 is 7.79. The minimum absolute atomic E-state index is 0.180. The molecule has 2 rings (SSSR count). The van der Waals surface area contributed by atoms with Crippen LogP contribution in [0.5, 0.6) is 0 Å². The van der Waals surface area contributed by atoms with Gasteiger partial charge in [-0.15, -0.1) is 0 Å². The minimum atomic E-state index is -4.51. The monoisotopic (exact) mass is 412 g/mol. The van der Waals surface area contributed by atoms with E-state index in [9.17, 15) is 18.3 Å². The predicted octanol–water partition coefficient (Wildman–Crippen LogP) is 5.05. The van der Waals surface area contributed by atoms with Gasteiger partial charge in [0.2, 0.25) is 0 Å². The van der Waals surface area contributed by atoms with E-state index >= 15 is 0 Å². The van der Waals surface area contributed by atoms with E-state index in [-0.39, 0.29) is 5.56 Å². The average molecular weight is 413 g/mol. The van der Waals surface area contributed by atoms with E-state index in [0.29, 0.717) is 14.2 Å². The summed E-state index contributed by atoms with van der Waals surface area (Å²) in [5.41, 5.74) is -0.668. The molecule has 0 fully saturated rings. The fourth-order valence-corrected chi connectivity index (χ4v) is 2.70. The van der Waals surface area contributed by atoms with Crippen LogP contribution in [-0.4, -0.2) is 5.11 Å². The van der Waals surface area contributed by atoms with E-state index in [2.05, 4.69) is 0 Å². The third-order valence-electron chi connectivity index (χ3n) is 2.81. The van der Waals surface area contributed by atoms with Gasteiger partial charge in [0.15, 0.2) is 0 Å². The lowest BCUT2D eigenvalue weighted by Crippen LogP contribution is -2.13. The molecule has 6 heteroatoms. The fourth-order valence-electron chi connectivity index (χ4n) is 1.89. The Morgan fingerprint density at radius 1 is 1.05 bits per heavy atom. The highest BCUT2D eigenvalue weighted by Crippen LogP contribution is 2.37. The zero-order valence-corrected chi connectivity index (χ0v) is 12.9. The van der Waals surface area contributed by atoms with Gasteiger partial charge in [0, 0.05) is 8.59 Å². The molecule has 1 nitrogen and oxygen atoms in total. The number of halogens is 5. The number of rotatable bonds is 2. The van der Waals surface area contributed by atoms with Crippen molar-refractivity contribution in [3.8, 4) is 0 Å². The highest BCUT2D eigenvalue weighted by Gasteiger charge is 2.35. The minimum Gasteiger partial charge on any atom is -0.384 e. The van der Waals surface area contributed by atoms with E-state index in [4.69, 9.17) is 11.6 Å². The first-order valence-corrected chi connectivity index (χ1v) is 7.05. The van der Waals surface area contributed by atoms with Crippen LogP contribution in [0.3, 0.4) is 0 Å². The fraction of sp³-hybridized carbons (Fsp3) is 0.143. The van der Waals surface area contributed by atoms with Crippen LogP contribution >= 0.6 is 34.2 Å². The van der Waals surface area contributed by atoms with Crippen LogP contribution in [-0.2, 0) is 6.18 Å². The molecular formula is C14H9ClF3IO. The Kier molecular flexibility index (Phi) is 4.61. The van der Waals surface area contributed by atoms with Gasteiger partial charge in [-0.3, -0.25) is 0 Å². The Labute approximate surface area is 132 Å². The van der Waals surface area contributed by atoms with Crippen molar-refractivity contribution in [2.24, 2.45) is 0 Å². The lowest BCUT2D eigenvalue weighted by molar-refractivity contribution is -0.139. The number of hydrogen-bond acceptors (Lipinski definition) is 1. The smallest absolute Gasteiger partial charge is 0.384 e. The first-order chi connectivity index (χ1) is 9.30. The Morgan fingerprint density at radius 2 is 1.70 bits per heavy atom. The molecule has 0 radical (unpaired) electrons. The second-order valence-corrected chi connectivity index (χ2v) is 5.75. The summed E-state index contributed by atoms with van der Waals surface area (Å²) in [6.07, 6.45) is -5.89. The summed E-state index contributed by atoms with van der Waals surface area (Å²) in [4.78, 5) is 0. The summed E-state index contributed by atoms with van der Waals surface area (Å²) in [6.45, 7) is 0. The average Bonchev–Trinajstić information content (AvgIpc) is 2.40. The quantitative estimate of drug-likeness (QED) is 0.685. The number of hydrogen-bond donors (Lipinski definition) is 1. The molecule has 0 saturated carbocycles. The summed E-state index contributed by atoms with van der Waals surface area (Å²) in [5, 5.41) is 10.6. The van der Waals surface area contributed by atoms with Gasteiger partial charge in [-0.25, -0.2) is 0 Å². The maximum Gasteiger partial charge on any atom is 0.416 e. The van der Waals surface area contributed by atoms with E-state index < -0.39 is 17.8 Å². The molecule has 20 heavy (non-hydrogen) atoms. The van der Waals surface area contributed by atoms with Gasteiger partial charge in [0.05, 0.1) is 5.56 Å². The molecule has 1 unspecified atom stereocenters. The maximum atomic E-state index is 13.0. The lowest BCUT2D eigenvalue weighted by Gasteiger charge is -2.19. The van der Waals surface area contributed by atoms with Gasteiger partial charge in [0.25, 0.3) is 0 Å². The standard InChI is InChI=1S/C14H9ClF3IO/c15-8-5-6-12(19)10(7-8)13(20)9-3-1-2-4-11(9)14(16,17)18/h1-7,13,20H. The molecule has 106 valence electrons. The van der Waals surface area contributed by atoms with Crippen LogP contribution in [0.15, 0.2) is 42.5 Å². The summed E-state index contributed by atoms with van der Waals surface area (Å²) in [6, 6.07) is 9.72. The number of benzene rings is 2. The van der Waals surface area contributed by atoms with E-state index in [1.54, 1.807) is 12.1 Å². The maximum absolute atomic E-state index is 13.0. The molecule has 0 aliphatic rings. The van der Waals surface area contributed by atoms with Crippen LogP contribution < -0.4 is 0 Å². The Balaban J connectivity index is 2.54. The molecule has 0 aliphatic heterocycles. The SMILES string of the molecule is OC(c1cc(Cl)ccc1I)c1ccccc1C(F)(F)F. The highest BCUT2D eigenvalue weighted by molar-refractivity contribution is 14.1. The molecule has 1 atom stereocenters. The molecular weight excluding hydrogens is 404 g/mol. The van der Waals surface area contributed by atoms with Crippen molar-refractivity contribution < 1.29 is 18.3 Å². The Bertz CT molecular complexity index is 628. The normalized spacial score (nSPS) is 13.3. The van der Waals surface area contributed by atoms with Gasteiger partial charge in [0.1, 0.15) is 6.10 Å².